The topological polar surface area (TPSA) is 23.8 Å². The Hall–Kier alpha value is -1.25. The first-order valence-electron chi connectivity index (χ1n) is 4.48. The number of allylic oxidation sites excluding steroid dienone is 1. The van der Waals surface area contributed by atoms with E-state index >= 15 is 0 Å². The number of rotatable bonds is 3. The van der Waals surface area contributed by atoms with Gasteiger partial charge in [-0.1, -0.05) is 39.0 Å². The molecule has 0 atom stereocenters. The lowest BCUT2D eigenvalue weighted by atomic mass is 10.2. The Kier molecular flexibility index (Phi) is 42.2. The van der Waals surface area contributed by atoms with Crippen molar-refractivity contribution in [3.8, 4) is 6.07 Å². The van der Waals surface area contributed by atoms with Crippen LogP contribution < -0.4 is 0 Å². The third-order valence-corrected chi connectivity index (χ3v) is 0.892. The molecule has 0 rings (SSSR count). The van der Waals surface area contributed by atoms with Gasteiger partial charge in [-0.25, -0.2) is 0 Å². The Morgan fingerprint density at radius 3 is 1.92 bits per heavy atom. The average molecular weight is 179 g/mol. The van der Waals surface area contributed by atoms with Gasteiger partial charge >= 0.3 is 0 Å². The van der Waals surface area contributed by atoms with Crippen LogP contribution in [0.4, 0.5) is 0 Å². The van der Waals surface area contributed by atoms with E-state index in [1.54, 1.807) is 6.08 Å². The van der Waals surface area contributed by atoms with Gasteiger partial charge in [0, 0.05) is 6.42 Å². The first-order chi connectivity index (χ1) is 6.24. The minimum absolute atomic E-state index is 0.730. The number of unbranched alkanes of at least 4 members (excludes halogenated alkanes) is 3. The molecule has 0 aromatic rings. The lowest BCUT2D eigenvalue weighted by Crippen LogP contribution is -1.68. The summed E-state index contributed by atoms with van der Waals surface area (Å²) in [6.45, 7) is 13.6. The molecular formula is C12H21N. The maximum atomic E-state index is 8.04. The number of hydrogen-bond donors (Lipinski definition) is 0. The molecule has 0 saturated carbocycles. The summed E-state index contributed by atoms with van der Waals surface area (Å²) in [5.41, 5.74) is 2.25. The van der Waals surface area contributed by atoms with E-state index in [1.165, 1.54) is 12.8 Å². The van der Waals surface area contributed by atoms with Crippen LogP contribution in [0.1, 0.15) is 39.5 Å². The summed E-state index contributed by atoms with van der Waals surface area (Å²) in [4.78, 5) is 0. The largest absolute Gasteiger partial charge is 0.198 e. The van der Waals surface area contributed by atoms with Gasteiger partial charge in [0.2, 0.25) is 0 Å². The van der Waals surface area contributed by atoms with Gasteiger partial charge in [-0.15, -0.1) is 12.3 Å². The number of nitrogens with zero attached hydrogens (tertiary/aromatic N) is 1. The highest BCUT2D eigenvalue weighted by Crippen LogP contribution is 1.95. The lowest BCUT2D eigenvalue weighted by Gasteiger charge is -1.84. The van der Waals surface area contributed by atoms with Crippen molar-refractivity contribution < 1.29 is 0 Å². The van der Waals surface area contributed by atoms with E-state index in [0.717, 1.165) is 12.8 Å². The van der Waals surface area contributed by atoms with E-state index in [0.29, 0.717) is 0 Å². The van der Waals surface area contributed by atoms with Crippen molar-refractivity contribution >= 4 is 0 Å². The molecule has 0 spiro atoms. The zero-order chi connectivity index (χ0) is 10.9. The molecule has 13 heavy (non-hydrogen) atoms. The highest BCUT2D eigenvalue weighted by molar-refractivity contribution is 4.67. The predicted molar refractivity (Wildman–Crippen MR) is 60.4 cm³/mol. The second-order valence-corrected chi connectivity index (χ2v) is 2.27. The Morgan fingerprint density at radius 2 is 1.69 bits per heavy atom. The van der Waals surface area contributed by atoms with E-state index in [1.807, 2.05) is 6.92 Å². The fourth-order valence-electron chi connectivity index (χ4n) is 0.454. The van der Waals surface area contributed by atoms with Crippen molar-refractivity contribution in [1.82, 2.24) is 0 Å². The smallest absolute Gasteiger partial charge is 0.0621 e. The molecular weight excluding hydrogens is 158 g/mol. The zero-order valence-electron chi connectivity index (χ0n) is 8.97. The molecule has 1 heteroatoms. The van der Waals surface area contributed by atoms with Crippen LogP contribution >= 0.6 is 0 Å². The van der Waals surface area contributed by atoms with Gasteiger partial charge in [-0.05, 0) is 13.3 Å². The molecule has 0 heterocycles. The first kappa shape index (κ1) is 17.7. The molecule has 0 amide bonds. The van der Waals surface area contributed by atoms with Crippen LogP contribution in [0.2, 0.25) is 0 Å². The first-order valence-corrected chi connectivity index (χ1v) is 4.48. The summed E-state index contributed by atoms with van der Waals surface area (Å²) in [6.07, 6.45) is 5.97. The van der Waals surface area contributed by atoms with Crippen molar-refractivity contribution in [2.45, 2.75) is 39.5 Å². The highest BCUT2D eigenvalue weighted by Gasteiger charge is 1.79. The Labute approximate surface area is 83.1 Å². The van der Waals surface area contributed by atoms with Crippen molar-refractivity contribution in [3.63, 3.8) is 0 Å². The molecule has 0 aromatic carbocycles. The molecule has 0 radical (unpaired) electrons. The molecule has 0 aliphatic heterocycles. The van der Waals surface area contributed by atoms with Crippen molar-refractivity contribution in [2.75, 3.05) is 0 Å². The van der Waals surface area contributed by atoms with E-state index in [-0.39, 0.29) is 0 Å². The maximum absolute atomic E-state index is 8.04. The summed E-state index contributed by atoms with van der Waals surface area (Å²) in [5.74, 6) is 0. The van der Waals surface area contributed by atoms with E-state index in [9.17, 15) is 0 Å². The molecule has 0 aliphatic carbocycles. The summed E-state index contributed by atoms with van der Waals surface area (Å²) in [5, 5.41) is 8.04. The SMILES string of the molecule is C=C=C.C=CC.CCCCCC#N. The monoisotopic (exact) mass is 179 g/mol. The second-order valence-electron chi connectivity index (χ2n) is 2.27. The minimum atomic E-state index is 0.730. The van der Waals surface area contributed by atoms with Gasteiger partial charge in [0.15, 0.2) is 0 Å². The summed E-state index contributed by atoms with van der Waals surface area (Å²) >= 11 is 0. The fraction of sp³-hybridized carbons (Fsp3) is 0.500. The van der Waals surface area contributed by atoms with Crippen LogP contribution in [0.15, 0.2) is 31.5 Å². The fourth-order valence-corrected chi connectivity index (χ4v) is 0.454. The van der Waals surface area contributed by atoms with Gasteiger partial charge in [0.05, 0.1) is 6.07 Å². The minimum Gasteiger partial charge on any atom is -0.198 e. The van der Waals surface area contributed by atoms with Gasteiger partial charge in [0.25, 0.3) is 0 Å². The average Bonchev–Trinajstić information content (AvgIpc) is 2.08. The normalized spacial score (nSPS) is 5.92. The molecule has 0 fully saturated rings. The third-order valence-electron chi connectivity index (χ3n) is 0.892. The third kappa shape index (κ3) is 109. The molecule has 0 bridgehead atoms. The van der Waals surface area contributed by atoms with Crippen LogP contribution in [0.3, 0.4) is 0 Å². The number of nitriles is 1. The molecule has 0 saturated heterocycles. The van der Waals surface area contributed by atoms with Crippen LogP contribution in [0.5, 0.6) is 0 Å². The quantitative estimate of drug-likeness (QED) is 0.361. The summed E-state index contributed by atoms with van der Waals surface area (Å²) in [6, 6.07) is 2.10. The van der Waals surface area contributed by atoms with Crippen LogP contribution in [0, 0.1) is 11.3 Å². The van der Waals surface area contributed by atoms with E-state index < -0.39 is 0 Å². The van der Waals surface area contributed by atoms with Crippen molar-refractivity contribution in [2.24, 2.45) is 0 Å². The summed E-state index contributed by atoms with van der Waals surface area (Å²) < 4.78 is 0. The molecule has 74 valence electrons. The van der Waals surface area contributed by atoms with Gasteiger partial charge in [-0.2, -0.15) is 5.26 Å². The predicted octanol–water partition coefficient (Wildman–Crippen LogP) is 4.24. The number of hydrogen-bond acceptors (Lipinski definition) is 1. The van der Waals surface area contributed by atoms with Gasteiger partial charge < -0.3 is 0 Å². The molecule has 0 aromatic heterocycles. The lowest BCUT2D eigenvalue weighted by molar-refractivity contribution is 0.734. The molecule has 1 nitrogen and oxygen atoms in total. The Morgan fingerprint density at radius 1 is 1.31 bits per heavy atom. The molecule has 0 unspecified atom stereocenters. The van der Waals surface area contributed by atoms with Crippen LogP contribution in [0.25, 0.3) is 0 Å². The highest BCUT2D eigenvalue weighted by atomic mass is 14.2. The Bertz CT molecular complexity index is 145. The molecule has 0 N–H and O–H groups in total. The zero-order valence-corrected chi connectivity index (χ0v) is 8.97. The van der Waals surface area contributed by atoms with Crippen LogP contribution in [-0.2, 0) is 0 Å². The standard InChI is InChI=1S/C6H11N.C3H6.C3H4/c1-2-3-4-5-6-7;2*1-3-2/h2-5H2,1H3;3H,1H2,2H3;1-2H2. The maximum Gasteiger partial charge on any atom is 0.0621 e. The Balaban J connectivity index is -0.000000140. The van der Waals surface area contributed by atoms with Crippen molar-refractivity contribution in [3.05, 3.63) is 31.5 Å². The molecule has 0 aliphatic rings. The van der Waals surface area contributed by atoms with Crippen molar-refractivity contribution in [1.29, 1.82) is 5.26 Å². The van der Waals surface area contributed by atoms with Crippen LogP contribution in [-0.4, -0.2) is 0 Å². The van der Waals surface area contributed by atoms with Gasteiger partial charge in [-0.3, -0.25) is 0 Å². The summed E-state index contributed by atoms with van der Waals surface area (Å²) in [7, 11) is 0. The van der Waals surface area contributed by atoms with E-state index in [4.69, 9.17) is 5.26 Å². The van der Waals surface area contributed by atoms with E-state index in [2.05, 4.69) is 38.5 Å². The second kappa shape index (κ2) is 30.9. The van der Waals surface area contributed by atoms with Gasteiger partial charge in [0.1, 0.15) is 0 Å².